The number of nitrogens with zero attached hydrogens (tertiary/aromatic N) is 2. The first-order chi connectivity index (χ1) is 14.0. The van der Waals surface area contributed by atoms with Crippen molar-refractivity contribution in [3.05, 3.63) is 50.7 Å². The second kappa shape index (κ2) is 9.29. The van der Waals surface area contributed by atoms with E-state index in [0.717, 1.165) is 12.7 Å². The van der Waals surface area contributed by atoms with Gasteiger partial charge in [-0.1, -0.05) is 27.2 Å². The number of nitrogen functional groups attached to an aromatic ring is 1. The molecule has 0 aliphatic heterocycles. The molecule has 0 saturated carbocycles. The number of H-pyrrole nitrogens is 1. The third-order valence-electron chi connectivity index (χ3n) is 4.54. The lowest BCUT2D eigenvalue weighted by atomic mass is 10.1. The van der Waals surface area contributed by atoms with Gasteiger partial charge in [0.1, 0.15) is 5.82 Å². The van der Waals surface area contributed by atoms with Crippen LogP contribution in [0.1, 0.15) is 44.0 Å². The largest absolute Gasteiger partial charge is 0.383 e. The molecule has 164 valence electrons. The normalized spacial score (nSPS) is 11.6. The number of nitrogens with two attached hydrogens (primary N) is 1. The first kappa shape index (κ1) is 23.4. The van der Waals surface area contributed by atoms with Crippen LogP contribution in [0.25, 0.3) is 0 Å². The number of rotatable bonds is 8. The van der Waals surface area contributed by atoms with Crippen LogP contribution >= 0.6 is 0 Å². The van der Waals surface area contributed by atoms with Gasteiger partial charge in [-0.2, -0.15) is 0 Å². The summed E-state index contributed by atoms with van der Waals surface area (Å²) < 4.78 is 24.6. The fraction of sp³-hybridized carbons (Fsp3) is 0.450. The highest BCUT2D eigenvalue weighted by atomic mass is 32.2. The number of carbonyl (C=O) groups excluding carboxylic acids is 1. The van der Waals surface area contributed by atoms with Gasteiger partial charge in [-0.05, 0) is 36.6 Å². The highest BCUT2D eigenvalue weighted by Crippen LogP contribution is 2.21. The van der Waals surface area contributed by atoms with Crippen molar-refractivity contribution < 1.29 is 13.2 Å². The van der Waals surface area contributed by atoms with Crippen molar-refractivity contribution in [3.63, 3.8) is 0 Å². The van der Waals surface area contributed by atoms with Crippen molar-refractivity contribution in [3.8, 4) is 0 Å². The van der Waals surface area contributed by atoms with Gasteiger partial charge in [0.25, 0.3) is 11.5 Å². The molecule has 1 aromatic carbocycles. The molecule has 1 aromatic heterocycles. The first-order valence-corrected chi connectivity index (χ1v) is 11.6. The summed E-state index contributed by atoms with van der Waals surface area (Å²) in [5, 5.41) is 0. The minimum atomic E-state index is -3.41. The zero-order valence-corrected chi connectivity index (χ0v) is 18.5. The molecule has 0 radical (unpaired) electrons. The molecule has 0 bridgehead atoms. The maximum atomic E-state index is 13.2. The van der Waals surface area contributed by atoms with Crippen LogP contribution in [-0.2, 0) is 16.4 Å². The molecule has 9 nitrogen and oxygen atoms in total. The van der Waals surface area contributed by atoms with Crippen LogP contribution < -0.4 is 21.9 Å². The Morgan fingerprint density at radius 3 is 2.30 bits per heavy atom. The van der Waals surface area contributed by atoms with Crippen LogP contribution in [0, 0.1) is 5.92 Å². The van der Waals surface area contributed by atoms with E-state index in [2.05, 4.69) is 4.98 Å². The number of benzene rings is 1. The Morgan fingerprint density at radius 1 is 1.20 bits per heavy atom. The molecule has 0 saturated heterocycles. The number of hydrogen-bond acceptors (Lipinski definition) is 6. The van der Waals surface area contributed by atoms with Crippen LogP contribution in [0.15, 0.2) is 38.8 Å². The van der Waals surface area contributed by atoms with Crippen LogP contribution in [0.3, 0.4) is 0 Å². The van der Waals surface area contributed by atoms with Gasteiger partial charge in [-0.3, -0.25) is 19.1 Å². The van der Waals surface area contributed by atoms with E-state index < -0.39 is 27.0 Å². The maximum Gasteiger partial charge on any atom is 0.330 e. The second-order valence-corrected chi connectivity index (χ2v) is 9.62. The maximum absolute atomic E-state index is 13.2. The Kier molecular flexibility index (Phi) is 7.25. The molecular formula is C20H28N4O5S. The number of carbonyl (C=O) groups is 1. The first-order valence-electron chi connectivity index (χ1n) is 9.72. The number of unbranched alkanes of at least 4 members (excludes halogenated alkanes) is 1. The summed E-state index contributed by atoms with van der Waals surface area (Å²) >= 11 is 0. The van der Waals surface area contributed by atoms with E-state index in [4.69, 9.17) is 5.73 Å². The molecular weight excluding hydrogens is 408 g/mol. The lowest BCUT2D eigenvalue weighted by Gasteiger charge is -2.25. The SMILES string of the molecule is CCCCN(C(=O)c1ccc(S(C)(=O)=O)cc1)c1c(N)n(CC(C)C)c(=O)[nH]c1=O. The predicted molar refractivity (Wildman–Crippen MR) is 117 cm³/mol. The Morgan fingerprint density at radius 2 is 1.80 bits per heavy atom. The van der Waals surface area contributed by atoms with Gasteiger partial charge < -0.3 is 10.6 Å². The van der Waals surface area contributed by atoms with Gasteiger partial charge in [-0.25, -0.2) is 13.2 Å². The van der Waals surface area contributed by atoms with Gasteiger partial charge in [0, 0.05) is 24.9 Å². The average molecular weight is 437 g/mol. The van der Waals surface area contributed by atoms with Gasteiger partial charge in [0.15, 0.2) is 15.5 Å². The van der Waals surface area contributed by atoms with Crippen molar-refractivity contribution in [2.45, 2.75) is 45.1 Å². The van der Waals surface area contributed by atoms with Crippen LogP contribution in [0.4, 0.5) is 11.5 Å². The van der Waals surface area contributed by atoms with E-state index in [1.54, 1.807) is 0 Å². The third-order valence-corrected chi connectivity index (χ3v) is 5.67. The number of amides is 1. The number of hydrogen-bond donors (Lipinski definition) is 2. The molecule has 3 N–H and O–H groups in total. The predicted octanol–water partition coefficient (Wildman–Crippen LogP) is 1.63. The third kappa shape index (κ3) is 5.18. The summed E-state index contributed by atoms with van der Waals surface area (Å²) in [6.07, 6.45) is 2.45. The summed E-state index contributed by atoms with van der Waals surface area (Å²) in [5.74, 6) is -0.489. The Hall–Kier alpha value is -2.88. The standard InChI is InChI=1S/C20H28N4O5S/c1-5-6-11-23(19(26)14-7-9-15(10-8-14)30(4,28)29)16-17(21)24(12-13(2)3)20(27)22-18(16)25/h7-10,13H,5-6,11-12,21H2,1-4H3,(H,22,25,27). The fourth-order valence-corrected chi connectivity index (χ4v) is 3.65. The smallest absolute Gasteiger partial charge is 0.330 e. The molecule has 30 heavy (non-hydrogen) atoms. The molecule has 10 heteroatoms. The van der Waals surface area contributed by atoms with Gasteiger partial charge >= 0.3 is 5.69 Å². The summed E-state index contributed by atoms with van der Waals surface area (Å²) in [5.41, 5.74) is 4.93. The fourth-order valence-electron chi connectivity index (χ4n) is 3.02. The van der Waals surface area contributed by atoms with Gasteiger partial charge in [0.05, 0.1) is 4.90 Å². The van der Waals surface area contributed by atoms with E-state index in [0.29, 0.717) is 6.42 Å². The van der Waals surface area contributed by atoms with Gasteiger partial charge in [0.2, 0.25) is 0 Å². The van der Waals surface area contributed by atoms with Crippen LogP contribution in [-0.4, -0.2) is 36.7 Å². The summed E-state index contributed by atoms with van der Waals surface area (Å²) in [7, 11) is -3.41. The van der Waals surface area contributed by atoms with Crippen LogP contribution in [0.5, 0.6) is 0 Å². The van der Waals surface area contributed by atoms with Crippen molar-refractivity contribution >= 4 is 27.2 Å². The average Bonchev–Trinajstić information content (AvgIpc) is 2.66. The van der Waals surface area contributed by atoms with E-state index in [1.165, 1.54) is 33.7 Å². The van der Waals surface area contributed by atoms with Gasteiger partial charge in [-0.15, -0.1) is 0 Å². The Labute approximate surface area is 175 Å². The van der Waals surface area contributed by atoms with E-state index in [9.17, 15) is 22.8 Å². The zero-order valence-electron chi connectivity index (χ0n) is 17.6. The lowest BCUT2D eigenvalue weighted by molar-refractivity contribution is 0.0986. The molecule has 0 fully saturated rings. The number of sulfone groups is 1. The summed E-state index contributed by atoms with van der Waals surface area (Å²) in [6.45, 7) is 6.25. The molecule has 0 aliphatic rings. The van der Waals surface area contributed by atoms with Crippen molar-refractivity contribution in [2.24, 2.45) is 5.92 Å². The molecule has 0 aliphatic carbocycles. The summed E-state index contributed by atoms with van der Waals surface area (Å²) in [6, 6.07) is 5.47. The molecule has 2 aromatic rings. The van der Waals surface area contributed by atoms with Crippen molar-refractivity contribution in [1.29, 1.82) is 0 Å². The quantitative estimate of drug-likeness (QED) is 0.645. The van der Waals surface area contributed by atoms with Crippen molar-refractivity contribution in [1.82, 2.24) is 9.55 Å². The second-order valence-electron chi connectivity index (χ2n) is 7.60. The minimum absolute atomic E-state index is 0.0744. The molecule has 1 heterocycles. The Bertz CT molecular complexity index is 1130. The molecule has 0 spiro atoms. The molecule has 1 amide bonds. The van der Waals surface area contributed by atoms with E-state index in [1.807, 2.05) is 20.8 Å². The number of aromatic amines is 1. The highest BCUT2D eigenvalue weighted by Gasteiger charge is 2.25. The minimum Gasteiger partial charge on any atom is -0.383 e. The van der Waals surface area contributed by atoms with Crippen molar-refractivity contribution in [2.75, 3.05) is 23.4 Å². The Balaban J connectivity index is 2.59. The van der Waals surface area contributed by atoms with Crippen LogP contribution in [0.2, 0.25) is 0 Å². The molecule has 0 unspecified atom stereocenters. The topological polar surface area (TPSA) is 135 Å². The molecule has 0 atom stereocenters. The summed E-state index contributed by atoms with van der Waals surface area (Å²) in [4.78, 5) is 41.6. The van der Waals surface area contributed by atoms with E-state index in [-0.39, 0.29) is 41.0 Å². The number of anilines is 2. The number of aromatic nitrogens is 2. The highest BCUT2D eigenvalue weighted by molar-refractivity contribution is 7.90. The van der Waals surface area contributed by atoms with E-state index >= 15 is 0 Å². The molecule has 2 rings (SSSR count). The lowest BCUT2D eigenvalue weighted by Crippen LogP contribution is -2.42. The number of nitrogens with one attached hydrogen (secondary N) is 1. The monoisotopic (exact) mass is 436 g/mol. The zero-order chi connectivity index (χ0) is 22.6.